The molecule has 0 fully saturated rings. The standard InChI is InChI=1S/C8H6O4.C6H10O4.C6H14O3/c9-7(10)5-2-1-3-6(4-5)8(11)12;7-5(8)3-1-2-4-6(9)10;1-5(8)4-9-6(2)3-7/h1-4H,(H,9,10)(H,11,12);1-4H2,(H,7,8)(H,9,10);5-8H,3-4H2,1-2H3. The lowest BCUT2D eigenvalue weighted by atomic mass is 10.1. The number of aliphatic hydroxyl groups excluding tert-OH is 2. The number of aromatic carboxylic acids is 2. The van der Waals surface area contributed by atoms with E-state index in [0.29, 0.717) is 19.4 Å². The van der Waals surface area contributed by atoms with Crippen LogP contribution in [0.1, 0.15) is 60.2 Å². The molecule has 0 heterocycles. The van der Waals surface area contributed by atoms with Crippen molar-refractivity contribution in [1.82, 2.24) is 0 Å². The predicted octanol–water partition coefficient (Wildman–Crippen LogP) is 1.56. The van der Waals surface area contributed by atoms with Crippen molar-refractivity contribution in [3.63, 3.8) is 0 Å². The average molecular weight is 446 g/mol. The van der Waals surface area contributed by atoms with E-state index in [1.165, 1.54) is 18.2 Å². The van der Waals surface area contributed by atoms with Crippen LogP contribution in [0, 0.1) is 0 Å². The van der Waals surface area contributed by atoms with E-state index in [2.05, 4.69) is 0 Å². The van der Waals surface area contributed by atoms with Crippen LogP contribution in [0.2, 0.25) is 0 Å². The summed E-state index contributed by atoms with van der Waals surface area (Å²) in [5, 5.41) is 50.4. The largest absolute Gasteiger partial charge is 0.481 e. The smallest absolute Gasteiger partial charge is 0.335 e. The number of ether oxygens (including phenoxy) is 1. The molecule has 0 aliphatic heterocycles. The average Bonchev–Trinajstić information content (AvgIpc) is 2.70. The van der Waals surface area contributed by atoms with Gasteiger partial charge in [0.05, 0.1) is 36.5 Å². The first kappa shape index (κ1) is 30.2. The summed E-state index contributed by atoms with van der Waals surface area (Å²) in [5.41, 5.74) is -0.0372. The summed E-state index contributed by atoms with van der Waals surface area (Å²) in [6, 6.07) is 5.20. The van der Waals surface area contributed by atoms with Gasteiger partial charge in [0.25, 0.3) is 0 Å². The maximum Gasteiger partial charge on any atom is 0.335 e. The minimum Gasteiger partial charge on any atom is -0.481 e. The molecule has 2 unspecified atom stereocenters. The zero-order valence-electron chi connectivity index (χ0n) is 17.4. The maximum absolute atomic E-state index is 10.4. The molecule has 6 N–H and O–H groups in total. The molecule has 0 aromatic heterocycles. The Morgan fingerprint density at radius 3 is 1.58 bits per heavy atom. The zero-order valence-corrected chi connectivity index (χ0v) is 17.4. The van der Waals surface area contributed by atoms with Crippen LogP contribution in [-0.4, -0.2) is 79.9 Å². The fourth-order valence-electron chi connectivity index (χ4n) is 1.69. The van der Waals surface area contributed by atoms with Gasteiger partial charge in [0.1, 0.15) is 0 Å². The monoisotopic (exact) mass is 446 g/mol. The SMILES string of the molecule is CC(O)COC(C)CO.O=C(O)CCCCC(=O)O.O=C(O)c1cccc(C(=O)O)c1. The van der Waals surface area contributed by atoms with Crippen LogP contribution in [0.3, 0.4) is 0 Å². The molecule has 2 atom stereocenters. The van der Waals surface area contributed by atoms with Crippen molar-refractivity contribution in [3.05, 3.63) is 35.4 Å². The molecule has 31 heavy (non-hydrogen) atoms. The third-order valence-electron chi connectivity index (χ3n) is 3.27. The van der Waals surface area contributed by atoms with Gasteiger partial charge >= 0.3 is 23.9 Å². The van der Waals surface area contributed by atoms with E-state index in [9.17, 15) is 19.2 Å². The van der Waals surface area contributed by atoms with Crippen molar-refractivity contribution in [3.8, 4) is 0 Å². The molecule has 0 radical (unpaired) electrons. The number of aliphatic hydroxyl groups is 2. The highest BCUT2D eigenvalue weighted by molar-refractivity contribution is 5.93. The third kappa shape index (κ3) is 20.0. The Labute approximate surface area is 179 Å². The Morgan fingerprint density at radius 1 is 0.871 bits per heavy atom. The Kier molecular flexibility index (Phi) is 17.3. The molecule has 0 saturated carbocycles. The Bertz CT molecular complexity index is 640. The van der Waals surface area contributed by atoms with Crippen molar-refractivity contribution in [2.45, 2.75) is 51.7 Å². The molecule has 0 aliphatic carbocycles. The highest BCUT2D eigenvalue weighted by Crippen LogP contribution is 2.04. The summed E-state index contributed by atoms with van der Waals surface area (Å²) >= 11 is 0. The number of hydrogen-bond donors (Lipinski definition) is 6. The van der Waals surface area contributed by atoms with Crippen LogP contribution in [-0.2, 0) is 14.3 Å². The number of carboxylic acid groups (broad SMARTS) is 4. The number of rotatable bonds is 11. The molecule has 1 aromatic rings. The number of hydrogen-bond acceptors (Lipinski definition) is 7. The molecule has 0 amide bonds. The summed E-state index contributed by atoms with van der Waals surface area (Å²) < 4.78 is 4.95. The molecular weight excluding hydrogens is 416 g/mol. The topological polar surface area (TPSA) is 199 Å². The quantitative estimate of drug-likeness (QED) is 0.269. The molecule has 0 bridgehead atoms. The second-order valence-electron chi connectivity index (χ2n) is 6.36. The van der Waals surface area contributed by atoms with Gasteiger partial charge in [-0.15, -0.1) is 0 Å². The van der Waals surface area contributed by atoms with E-state index in [1.54, 1.807) is 13.8 Å². The summed E-state index contributed by atoms with van der Waals surface area (Å²) in [4.78, 5) is 40.6. The third-order valence-corrected chi connectivity index (χ3v) is 3.27. The minimum atomic E-state index is -1.13. The maximum atomic E-state index is 10.4. The first-order valence-corrected chi connectivity index (χ1v) is 9.31. The van der Waals surface area contributed by atoms with Crippen LogP contribution in [0.5, 0.6) is 0 Å². The van der Waals surface area contributed by atoms with Gasteiger partial charge in [0.15, 0.2) is 0 Å². The van der Waals surface area contributed by atoms with Crippen LogP contribution in [0.15, 0.2) is 24.3 Å². The summed E-state index contributed by atoms with van der Waals surface area (Å²) in [6.07, 6.45) is 0.405. The van der Waals surface area contributed by atoms with E-state index < -0.39 is 30.0 Å². The molecule has 0 spiro atoms. The van der Waals surface area contributed by atoms with E-state index in [-0.39, 0.29) is 36.7 Å². The van der Waals surface area contributed by atoms with Gasteiger partial charge < -0.3 is 35.4 Å². The number of aliphatic carboxylic acids is 2. The van der Waals surface area contributed by atoms with Gasteiger partial charge in [-0.05, 0) is 44.9 Å². The molecule has 0 aliphatic rings. The van der Waals surface area contributed by atoms with E-state index in [4.69, 9.17) is 35.4 Å². The first-order chi connectivity index (χ1) is 14.4. The number of unbranched alkanes of at least 4 members (excludes halogenated alkanes) is 1. The molecule has 176 valence electrons. The van der Waals surface area contributed by atoms with Gasteiger partial charge in [-0.1, -0.05) is 6.07 Å². The van der Waals surface area contributed by atoms with E-state index >= 15 is 0 Å². The van der Waals surface area contributed by atoms with Crippen molar-refractivity contribution in [1.29, 1.82) is 0 Å². The van der Waals surface area contributed by atoms with Crippen molar-refractivity contribution >= 4 is 23.9 Å². The zero-order chi connectivity index (χ0) is 24.4. The van der Waals surface area contributed by atoms with Crippen molar-refractivity contribution in [2.75, 3.05) is 13.2 Å². The molecule has 0 saturated heterocycles. The van der Waals surface area contributed by atoms with Gasteiger partial charge in [-0.2, -0.15) is 0 Å². The Balaban J connectivity index is 0. The summed E-state index contributed by atoms with van der Waals surface area (Å²) in [5.74, 6) is -3.99. The minimum absolute atomic E-state index is 0.00667. The van der Waals surface area contributed by atoms with E-state index in [0.717, 1.165) is 6.07 Å². The number of benzene rings is 1. The second kappa shape index (κ2) is 17.8. The fourth-order valence-corrected chi connectivity index (χ4v) is 1.69. The Hall–Kier alpha value is -3.02. The number of carbonyl (C=O) groups is 4. The van der Waals surface area contributed by atoms with Crippen molar-refractivity contribution in [2.24, 2.45) is 0 Å². The van der Waals surface area contributed by atoms with Crippen LogP contribution < -0.4 is 0 Å². The van der Waals surface area contributed by atoms with Crippen LogP contribution in [0.25, 0.3) is 0 Å². The first-order valence-electron chi connectivity index (χ1n) is 9.31. The van der Waals surface area contributed by atoms with Gasteiger partial charge in [0, 0.05) is 12.8 Å². The van der Waals surface area contributed by atoms with Crippen LogP contribution >= 0.6 is 0 Å². The highest BCUT2D eigenvalue weighted by atomic mass is 16.5. The van der Waals surface area contributed by atoms with Gasteiger partial charge in [-0.3, -0.25) is 9.59 Å². The molecule has 11 nitrogen and oxygen atoms in total. The molecule has 1 aromatic carbocycles. The Morgan fingerprint density at radius 2 is 1.29 bits per heavy atom. The lowest BCUT2D eigenvalue weighted by molar-refractivity contribution is -0.139. The van der Waals surface area contributed by atoms with Crippen molar-refractivity contribution < 1.29 is 54.6 Å². The van der Waals surface area contributed by atoms with Crippen LogP contribution in [0.4, 0.5) is 0 Å². The summed E-state index contributed by atoms with van der Waals surface area (Å²) in [7, 11) is 0. The normalized spacial score (nSPS) is 11.6. The molecule has 1 rings (SSSR count). The summed E-state index contributed by atoms with van der Waals surface area (Å²) in [6.45, 7) is 3.70. The van der Waals surface area contributed by atoms with Gasteiger partial charge in [0.2, 0.25) is 0 Å². The lowest BCUT2D eigenvalue weighted by Crippen LogP contribution is -2.19. The van der Waals surface area contributed by atoms with E-state index in [1.807, 2.05) is 0 Å². The van der Waals surface area contributed by atoms with Gasteiger partial charge in [-0.25, -0.2) is 9.59 Å². The number of carboxylic acids is 4. The molecule has 11 heteroatoms. The second-order valence-corrected chi connectivity index (χ2v) is 6.36. The fraction of sp³-hybridized carbons (Fsp3) is 0.500. The lowest BCUT2D eigenvalue weighted by Gasteiger charge is -2.10. The molecular formula is C20H30O11. The highest BCUT2D eigenvalue weighted by Gasteiger charge is 2.06. The predicted molar refractivity (Wildman–Crippen MR) is 108 cm³/mol.